The fourth-order valence-electron chi connectivity index (χ4n) is 2.51. The Morgan fingerprint density at radius 3 is 3.05 bits per heavy atom. The fraction of sp³-hybridized carbons (Fsp3) is 0.500. The van der Waals surface area contributed by atoms with Crippen LogP contribution in [0, 0.1) is 5.92 Å². The molecule has 1 fully saturated rings. The zero-order chi connectivity index (χ0) is 13.3. The molecule has 1 spiro atoms. The molecular weight excluding hydrogens is 238 g/mol. The first-order valence-electron chi connectivity index (χ1n) is 7.03. The second kappa shape index (κ2) is 4.89. The highest BCUT2D eigenvalue weighted by atomic mass is 16.5. The summed E-state index contributed by atoms with van der Waals surface area (Å²) < 4.78 is 12.0. The number of ether oxygens (including phenoxy) is 2. The van der Waals surface area contributed by atoms with E-state index in [1.165, 1.54) is 0 Å². The minimum atomic E-state index is -0.149. The van der Waals surface area contributed by atoms with E-state index in [2.05, 4.69) is 37.4 Å². The molecule has 0 bridgehead atoms. The van der Waals surface area contributed by atoms with Crippen LogP contribution in [0.2, 0.25) is 0 Å². The van der Waals surface area contributed by atoms with Crippen molar-refractivity contribution in [1.29, 1.82) is 0 Å². The first-order chi connectivity index (χ1) is 9.17. The minimum Gasteiger partial charge on any atom is -0.493 e. The molecule has 1 aromatic rings. The molecule has 0 radical (unpaired) electrons. The smallest absolute Gasteiger partial charge is 0.141 e. The van der Waals surface area contributed by atoms with Gasteiger partial charge in [0, 0.05) is 24.6 Å². The normalized spacial score (nSPS) is 24.6. The Morgan fingerprint density at radius 2 is 2.32 bits per heavy atom. The first kappa shape index (κ1) is 12.5. The summed E-state index contributed by atoms with van der Waals surface area (Å²) in [7, 11) is 0. The van der Waals surface area contributed by atoms with E-state index >= 15 is 0 Å². The number of nitrogens with one attached hydrogen (secondary N) is 1. The molecule has 2 aliphatic rings. The largest absolute Gasteiger partial charge is 0.493 e. The Kier molecular flexibility index (Phi) is 3.23. The molecule has 3 nitrogen and oxygen atoms in total. The van der Waals surface area contributed by atoms with E-state index in [0.717, 1.165) is 43.2 Å². The highest BCUT2D eigenvalue weighted by Crippen LogP contribution is 2.36. The monoisotopic (exact) mass is 259 g/mol. The van der Waals surface area contributed by atoms with Gasteiger partial charge in [0.05, 0.1) is 6.61 Å². The lowest BCUT2D eigenvalue weighted by Gasteiger charge is -2.30. The van der Waals surface area contributed by atoms with E-state index in [9.17, 15) is 0 Å². The zero-order valence-corrected chi connectivity index (χ0v) is 11.6. The molecule has 3 heteroatoms. The molecule has 2 aliphatic heterocycles. The van der Waals surface area contributed by atoms with E-state index in [4.69, 9.17) is 9.47 Å². The average molecular weight is 259 g/mol. The maximum absolute atomic E-state index is 6.20. The zero-order valence-electron chi connectivity index (χ0n) is 11.6. The summed E-state index contributed by atoms with van der Waals surface area (Å²) in [5, 5.41) is 3.36. The van der Waals surface area contributed by atoms with Gasteiger partial charge >= 0.3 is 0 Å². The van der Waals surface area contributed by atoms with Crippen LogP contribution in [0.4, 0.5) is 0 Å². The first-order valence-corrected chi connectivity index (χ1v) is 7.03. The molecule has 1 atom stereocenters. The summed E-state index contributed by atoms with van der Waals surface area (Å²) in [6, 6.07) is 6.10. The van der Waals surface area contributed by atoms with E-state index in [1.807, 2.05) is 12.1 Å². The average Bonchev–Trinajstić information content (AvgIpc) is 2.84. The number of rotatable bonds is 3. The van der Waals surface area contributed by atoms with Crippen molar-refractivity contribution in [2.24, 2.45) is 5.92 Å². The van der Waals surface area contributed by atoms with Crippen molar-refractivity contribution < 1.29 is 9.47 Å². The van der Waals surface area contributed by atoms with Crippen molar-refractivity contribution in [1.82, 2.24) is 5.32 Å². The molecule has 0 amide bonds. The van der Waals surface area contributed by atoms with Gasteiger partial charge in [-0.3, -0.25) is 0 Å². The SMILES string of the molecule is CC(C)COc1ccc2c(c1)OC1(C=C2)CCNC1. The van der Waals surface area contributed by atoms with Crippen LogP contribution in [-0.4, -0.2) is 25.3 Å². The van der Waals surface area contributed by atoms with Gasteiger partial charge in [0.25, 0.3) is 0 Å². The van der Waals surface area contributed by atoms with Gasteiger partial charge in [0.15, 0.2) is 0 Å². The summed E-state index contributed by atoms with van der Waals surface area (Å²) in [6.45, 7) is 6.94. The number of fused-ring (bicyclic) bond motifs is 1. The van der Waals surface area contributed by atoms with Crippen LogP contribution < -0.4 is 14.8 Å². The van der Waals surface area contributed by atoms with E-state index < -0.39 is 0 Å². The minimum absolute atomic E-state index is 0.149. The molecule has 0 saturated carbocycles. The van der Waals surface area contributed by atoms with Gasteiger partial charge in [-0.1, -0.05) is 19.9 Å². The second-order valence-corrected chi connectivity index (χ2v) is 5.83. The van der Waals surface area contributed by atoms with Crippen molar-refractivity contribution in [2.45, 2.75) is 25.9 Å². The van der Waals surface area contributed by atoms with Crippen LogP contribution in [-0.2, 0) is 0 Å². The number of benzene rings is 1. The Hall–Kier alpha value is -1.48. The summed E-state index contributed by atoms with van der Waals surface area (Å²) in [6.07, 6.45) is 5.38. The Bertz CT molecular complexity index is 488. The predicted molar refractivity (Wildman–Crippen MR) is 76.7 cm³/mol. The van der Waals surface area contributed by atoms with Crippen LogP contribution in [0.5, 0.6) is 11.5 Å². The molecule has 1 unspecified atom stereocenters. The topological polar surface area (TPSA) is 30.5 Å². The Labute approximate surface area is 114 Å². The maximum Gasteiger partial charge on any atom is 0.141 e. The Morgan fingerprint density at radius 1 is 1.42 bits per heavy atom. The molecule has 0 aromatic heterocycles. The number of hydrogen-bond acceptors (Lipinski definition) is 3. The molecular formula is C16H21NO2. The van der Waals surface area contributed by atoms with Crippen LogP contribution in [0.3, 0.4) is 0 Å². The molecule has 0 aliphatic carbocycles. The predicted octanol–water partition coefficient (Wildman–Crippen LogP) is 2.86. The molecule has 2 heterocycles. The van der Waals surface area contributed by atoms with Crippen LogP contribution in [0.15, 0.2) is 24.3 Å². The van der Waals surface area contributed by atoms with Crippen LogP contribution in [0.1, 0.15) is 25.8 Å². The molecule has 102 valence electrons. The van der Waals surface area contributed by atoms with Crippen LogP contribution >= 0.6 is 0 Å². The summed E-state index contributed by atoms with van der Waals surface area (Å²) >= 11 is 0. The molecule has 1 aromatic carbocycles. The van der Waals surface area contributed by atoms with Crippen molar-refractivity contribution in [3.63, 3.8) is 0 Å². The van der Waals surface area contributed by atoms with Gasteiger partial charge in [-0.25, -0.2) is 0 Å². The van der Waals surface area contributed by atoms with E-state index in [-0.39, 0.29) is 5.60 Å². The molecule has 1 N–H and O–H groups in total. The fourth-order valence-corrected chi connectivity index (χ4v) is 2.51. The lowest BCUT2D eigenvalue weighted by Crippen LogP contribution is -2.37. The lowest BCUT2D eigenvalue weighted by molar-refractivity contribution is 0.138. The third-order valence-corrected chi connectivity index (χ3v) is 3.60. The standard InChI is InChI=1S/C16H21NO2/c1-12(2)10-18-14-4-3-13-5-6-16(7-8-17-11-16)19-15(13)9-14/h3-6,9,12,17H,7-8,10-11H2,1-2H3. The molecule has 19 heavy (non-hydrogen) atoms. The third kappa shape index (κ3) is 2.61. The van der Waals surface area contributed by atoms with E-state index in [0.29, 0.717) is 5.92 Å². The van der Waals surface area contributed by atoms with Gasteiger partial charge in [0.2, 0.25) is 0 Å². The molecule has 3 rings (SSSR count). The lowest BCUT2D eigenvalue weighted by atomic mass is 9.97. The van der Waals surface area contributed by atoms with Crippen molar-refractivity contribution in [3.8, 4) is 11.5 Å². The van der Waals surface area contributed by atoms with Crippen LogP contribution in [0.25, 0.3) is 6.08 Å². The quantitative estimate of drug-likeness (QED) is 0.905. The van der Waals surface area contributed by atoms with Gasteiger partial charge in [-0.05, 0) is 30.7 Å². The molecule has 1 saturated heterocycles. The third-order valence-electron chi connectivity index (χ3n) is 3.60. The van der Waals surface area contributed by atoms with Gasteiger partial charge in [-0.2, -0.15) is 0 Å². The van der Waals surface area contributed by atoms with Gasteiger partial charge in [0.1, 0.15) is 17.1 Å². The van der Waals surface area contributed by atoms with Gasteiger partial charge < -0.3 is 14.8 Å². The second-order valence-electron chi connectivity index (χ2n) is 5.83. The van der Waals surface area contributed by atoms with Crippen molar-refractivity contribution in [3.05, 3.63) is 29.8 Å². The maximum atomic E-state index is 6.20. The summed E-state index contributed by atoms with van der Waals surface area (Å²) in [5.41, 5.74) is 0.985. The van der Waals surface area contributed by atoms with Crippen molar-refractivity contribution in [2.75, 3.05) is 19.7 Å². The highest BCUT2D eigenvalue weighted by molar-refractivity contribution is 5.62. The summed E-state index contributed by atoms with van der Waals surface area (Å²) in [4.78, 5) is 0. The number of hydrogen-bond donors (Lipinski definition) is 1. The van der Waals surface area contributed by atoms with E-state index in [1.54, 1.807) is 0 Å². The highest BCUT2D eigenvalue weighted by Gasteiger charge is 2.35. The summed E-state index contributed by atoms with van der Waals surface area (Å²) in [5.74, 6) is 2.36. The van der Waals surface area contributed by atoms with Gasteiger partial charge in [-0.15, -0.1) is 0 Å². The Balaban J connectivity index is 1.79. The van der Waals surface area contributed by atoms with Crippen molar-refractivity contribution >= 4 is 6.08 Å².